The number of benzene rings is 1. The van der Waals surface area contributed by atoms with E-state index in [4.69, 9.17) is 0 Å². The number of rotatable bonds is 2. The summed E-state index contributed by atoms with van der Waals surface area (Å²) < 4.78 is 88.9. The van der Waals surface area contributed by atoms with E-state index < -0.39 is 40.6 Å². The first kappa shape index (κ1) is 12.5. The Morgan fingerprint density at radius 2 is 1.06 bits per heavy atom. The molecular weight excluding hydrogens is 241 g/mol. The van der Waals surface area contributed by atoms with Crippen LogP contribution in [0.25, 0.3) is 0 Å². The van der Waals surface area contributed by atoms with E-state index in [-0.39, 0.29) is 6.08 Å². The van der Waals surface area contributed by atoms with Crippen molar-refractivity contribution in [3.63, 3.8) is 0 Å². The van der Waals surface area contributed by atoms with Gasteiger partial charge in [0.15, 0.2) is 23.3 Å². The van der Waals surface area contributed by atoms with E-state index in [1.165, 1.54) is 0 Å². The van der Waals surface area contributed by atoms with Gasteiger partial charge in [-0.2, -0.15) is 8.78 Å². The lowest BCUT2D eigenvalue weighted by molar-refractivity contribution is 0.0418. The Balaban J connectivity index is 3.71. The minimum Gasteiger partial charge on any atom is -0.203 e. The standard InChI is InChI=1S/C9H3F7/c1-2-9(15,16)3-4(10)6(12)8(14)7(13)5(3)11/h2H,1H2. The Morgan fingerprint density at radius 3 is 1.38 bits per heavy atom. The molecule has 0 aliphatic carbocycles. The smallest absolute Gasteiger partial charge is 0.203 e. The zero-order chi connectivity index (χ0) is 12.7. The van der Waals surface area contributed by atoms with Crippen LogP contribution in [-0.2, 0) is 5.92 Å². The minimum absolute atomic E-state index is 0.217. The van der Waals surface area contributed by atoms with Crippen LogP contribution in [-0.4, -0.2) is 0 Å². The molecule has 0 aliphatic heterocycles. The summed E-state index contributed by atoms with van der Waals surface area (Å²) in [5.41, 5.74) is -2.21. The summed E-state index contributed by atoms with van der Waals surface area (Å²) in [5.74, 6) is -16.8. The molecule has 16 heavy (non-hydrogen) atoms. The van der Waals surface area contributed by atoms with Crippen LogP contribution in [0.4, 0.5) is 30.7 Å². The SMILES string of the molecule is C=CC(F)(F)c1c(F)c(F)c(F)c(F)c1F. The molecular formula is C9H3F7. The fourth-order valence-corrected chi connectivity index (χ4v) is 1.000. The predicted molar refractivity (Wildman–Crippen MR) is 40.3 cm³/mol. The van der Waals surface area contributed by atoms with Crippen LogP contribution in [0.15, 0.2) is 12.7 Å². The molecule has 0 spiro atoms. The van der Waals surface area contributed by atoms with E-state index in [2.05, 4.69) is 6.58 Å². The maximum atomic E-state index is 12.8. The summed E-state index contributed by atoms with van der Waals surface area (Å²) in [6.07, 6.45) is -0.217. The van der Waals surface area contributed by atoms with Crippen molar-refractivity contribution >= 4 is 0 Å². The lowest BCUT2D eigenvalue weighted by Crippen LogP contribution is -2.18. The molecule has 0 nitrogen and oxygen atoms in total. The van der Waals surface area contributed by atoms with Crippen molar-refractivity contribution in [2.45, 2.75) is 5.92 Å². The van der Waals surface area contributed by atoms with Crippen LogP contribution in [0.2, 0.25) is 0 Å². The maximum Gasteiger partial charge on any atom is 0.297 e. The number of hydrogen-bond donors (Lipinski definition) is 0. The molecule has 0 aliphatic rings. The second-order valence-electron chi connectivity index (χ2n) is 2.77. The van der Waals surface area contributed by atoms with Crippen LogP contribution in [0, 0.1) is 29.1 Å². The molecule has 7 heteroatoms. The molecule has 0 aromatic heterocycles. The zero-order valence-corrected chi connectivity index (χ0v) is 7.43. The van der Waals surface area contributed by atoms with Gasteiger partial charge in [-0.3, -0.25) is 0 Å². The molecule has 0 saturated heterocycles. The fraction of sp³-hybridized carbons (Fsp3) is 0.111. The zero-order valence-electron chi connectivity index (χ0n) is 7.43. The third kappa shape index (κ3) is 1.66. The van der Waals surface area contributed by atoms with E-state index in [0.717, 1.165) is 0 Å². The first-order chi connectivity index (χ1) is 7.24. The van der Waals surface area contributed by atoms with E-state index in [1.54, 1.807) is 0 Å². The van der Waals surface area contributed by atoms with Gasteiger partial charge in [0.05, 0.1) is 0 Å². The minimum atomic E-state index is -4.34. The van der Waals surface area contributed by atoms with Crippen molar-refractivity contribution < 1.29 is 30.7 Å². The fourth-order valence-electron chi connectivity index (χ4n) is 1.000. The molecule has 0 radical (unpaired) electrons. The van der Waals surface area contributed by atoms with Gasteiger partial charge in [0.1, 0.15) is 5.56 Å². The highest BCUT2D eigenvalue weighted by molar-refractivity contribution is 5.30. The van der Waals surface area contributed by atoms with Crippen molar-refractivity contribution in [1.82, 2.24) is 0 Å². The predicted octanol–water partition coefficient (Wildman–Crippen LogP) is 3.66. The van der Waals surface area contributed by atoms with Crippen molar-refractivity contribution in [1.29, 1.82) is 0 Å². The maximum absolute atomic E-state index is 12.8. The van der Waals surface area contributed by atoms with Crippen molar-refractivity contribution in [3.8, 4) is 0 Å². The number of alkyl halides is 2. The van der Waals surface area contributed by atoms with Gasteiger partial charge in [0.25, 0.3) is 5.92 Å². The Hall–Kier alpha value is -1.53. The monoisotopic (exact) mass is 244 g/mol. The van der Waals surface area contributed by atoms with Crippen molar-refractivity contribution in [3.05, 3.63) is 47.3 Å². The summed E-state index contributed by atoms with van der Waals surface area (Å²) in [6, 6.07) is 0. The average Bonchev–Trinajstić information content (AvgIpc) is 2.23. The molecule has 0 bridgehead atoms. The topological polar surface area (TPSA) is 0 Å². The third-order valence-corrected chi connectivity index (χ3v) is 1.80. The molecule has 0 unspecified atom stereocenters. The second-order valence-corrected chi connectivity index (χ2v) is 2.77. The lowest BCUT2D eigenvalue weighted by atomic mass is 10.1. The lowest BCUT2D eigenvalue weighted by Gasteiger charge is -2.14. The van der Waals surface area contributed by atoms with E-state index in [9.17, 15) is 30.7 Å². The number of allylic oxidation sites excluding steroid dienone is 1. The summed E-state index contributed by atoms with van der Waals surface area (Å²) in [6.45, 7) is 2.55. The Morgan fingerprint density at radius 1 is 0.750 bits per heavy atom. The summed E-state index contributed by atoms with van der Waals surface area (Å²) >= 11 is 0. The molecule has 1 rings (SSSR count). The number of halogens is 7. The molecule has 88 valence electrons. The normalized spacial score (nSPS) is 11.7. The summed E-state index contributed by atoms with van der Waals surface area (Å²) in [5, 5.41) is 0. The largest absolute Gasteiger partial charge is 0.297 e. The Bertz CT molecular complexity index is 421. The van der Waals surface area contributed by atoms with Gasteiger partial charge in [-0.1, -0.05) is 6.58 Å². The van der Waals surface area contributed by atoms with Gasteiger partial charge >= 0.3 is 0 Å². The average molecular weight is 244 g/mol. The van der Waals surface area contributed by atoms with E-state index in [1.807, 2.05) is 0 Å². The van der Waals surface area contributed by atoms with Gasteiger partial charge < -0.3 is 0 Å². The van der Waals surface area contributed by atoms with Gasteiger partial charge in [0.2, 0.25) is 5.82 Å². The first-order valence-electron chi connectivity index (χ1n) is 3.77. The first-order valence-corrected chi connectivity index (χ1v) is 3.77. The Labute approximate surface area is 85.0 Å². The van der Waals surface area contributed by atoms with Gasteiger partial charge in [0, 0.05) is 0 Å². The second kappa shape index (κ2) is 3.80. The molecule has 0 atom stereocenters. The van der Waals surface area contributed by atoms with Gasteiger partial charge in [-0.15, -0.1) is 0 Å². The molecule has 0 amide bonds. The molecule has 0 saturated carbocycles. The molecule has 1 aromatic carbocycles. The third-order valence-electron chi connectivity index (χ3n) is 1.80. The van der Waals surface area contributed by atoms with Crippen LogP contribution in [0.3, 0.4) is 0 Å². The van der Waals surface area contributed by atoms with Crippen LogP contribution >= 0.6 is 0 Å². The molecule has 1 aromatic rings. The Kier molecular flexibility index (Phi) is 2.98. The van der Waals surface area contributed by atoms with Crippen LogP contribution < -0.4 is 0 Å². The van der Waals surface area contributed by atoms with Gasteiger partial charge in [-0.25, -0.2) is 22.0 Å². The van der Waals surface area contributed by atoms with E-state index in [0.29, 0.717) is 0 Å². The van der Waals surface area contributed by atoms with E-state index >= 15 is 0 Å². The summed E-state index contributed by atoms with van der Waals surface area (Å²) in [7, 11) is 0. The van der Waals surface area contributed by atoms with Gasteiger partial charge in [-0.05, 0) is 6.08 Å². The highest BCUT2D eigenvalue weighted by Crippen LogP contribution is 2.36. The van der Waals surface area contributed by atoms with Crippen LogP contribution in [0.5, 0.6) is 0 Å². The number of hydrogen-bond acceptors (Lipinski definition) is 0. The van der Waals surface area contributed by atoms with Crippen molar-refractivity contribution in [2.24, 2.45) is 0 Å². The molecule has 0 heterocycles. The van der Waals surface area contributed by atoms with Crippen LogP contribution in [0.1, 0.15) is 5.56 Å². The highest BCUT2D eigenvalue weighted by atomic mass is 19.3. The quantitative estimate of drug-likeness (QED) is 0.322. The molecule has 0 fully saturated rings. The van der Waals surface area contributed by atoms with Crippen molar-refractivity contribution in [2.75, 3.05) is 0 Å². The molecule has 0 N–H and O–H groups in total. The summed E-state index contributed by atoms with van der Waals surface area (Å²) in [4.78, 5) is 0. The highest BCUT2D eigenvalue weighted by Gasteiger charge is 2.39.